The Morgan fingerprint density at radius 1 is 1.12 bits per heavy atom. The van der Waals surface area contributed by atoms with Crippen LogP contribution in [0, 0.1) is 0 Å². The summed E-state index contributed by atoms with van der Waals surface area (Å²) in [5.41, 5.74) is 5.06. The standard InChI is InChI=1S/C18H14Cl3N3OS/c1-11(23-24-16-8-13(20)4-7-15(16)21)17-10-26-18(22-17)9-25-14-5-2-12(19)3-6-14/h2-8,10,24H,9H2,1H3/b23-11-. The minimum absolute atomic E-state index is 0.382. The third-order valence-electron chi connectivity index (χ3n) is 3.37. The Kier molecular flexibility index (Phi) is 6.38. The van der Waals surface area contributed by atoms with Gasteiger partial charge in [-0.3, -0.25) is 5.43 Å². The fraction of sp³-hybridized carbons (Fsp3) is 0.111. The van der Waals surface area contributed by atoms with Crippen molar-refractivity contribution in [1.82, 2.24) is 4.98 Å². The predicted molar refractivity (Wildman–Crippen MR) is 110 cm³/mol. The van der Waals surface area contributed by atoms with E-state index < -0.39 is 0 Å². The van der Waals surface area contributed by atoms with Gasteiger partial charge in [0.05, 0.1) is 22.1 Å². The van der Waals surface area contributed by atoms with E-state index in [2.05, 4.69) is 15.5 Å². The van der Waals surface area contributed by atoms with Crippen LogP contribution in [0.2, 0.25) is 15.1 Å². The lowest BCUT2D eigenvalue weighted by Crippen LogP contribution is -2.02. The molecule has 1 heterocycles. The fourth-order valence-electron chi connectivity index (χ4n) is 2.00. The maximum Gasteiger partial charge on any atom is 0.140 e. The molecule has 3 aromatic rings. The van der Waals surface area contributed by atoms with Gasteiger partial charge in [-0.2, -0.15) is 5.10 Å². The van der Waals surface area contributed by atoms with Crippen LogP contribution < -0.4 is 10.2 Å². The van der Waals surface area contributed by atoms with Gasteiger partial charge < -0.3 is 4.74 Å². The van der Waals surface area contributed by atoms with Gasteiger partial charge in [-0.15, -0.1) is 11.3 Å². The molecule has 0 fully saturated rings. The van der Waals surface area contributed by atoms with Crippen molar-refractivity contribution in [2.45, 2.75) is 13.5 Å². The Bertz CT molecular complexity index is 926. The number of hydrazone groups is 1. The lowest BCUT2D eigenvalue weighted by atomic mass is 10.3. The van der Waals surface area contributed by atoms with Gasteiger partial charge in [0.1, 0.15) is 17.4 Å². The third kappa shape index (κ3) is 5.11. The minimum atomic E-state index is 0.382. The largest absolute Gasteiger partial charge is 0.486 e. The van der Waals surface area contributed by atoms with Crippen molar-refractivity contribution < 1.29 is 4.74 Å². The van der Waals surface area contributed by atoms with Crippen LogP contribution in [-0.2, 0) is 6.61 Å². The van der Waals surface area contributed by atoms with Gasteiger partial charge in [0, 0.05) is 15.4 Å². The first-order valence-electron chi connectivity index (χ1n) is 7.60. The van der Waals surface area contributed by atoms with Gasteiger partial charge >= 0.3 is 0 Å². The minimum Gasteiger partial charge on any atom is -0.486 e. The highest BCUT2D eigenvalue weighted by Gasteiger charge is 2.07. The summed E-state index contributed by atoms with van der Waals surface area (Å²) in [7, 11) is 0. The van der Waals surface area contributed by atoms with Crippen molar-refractivity contribution >= 4 is 57.5 Å². The smallest absolute Gasteiger partial charge is 0.140 e. The van der Waals surface area contributed by atoms with Gasteiger partial charge in [0.2, 0.25) is 0 Å². The lowest BCUT2D eigenvalue weighted by molar-refractivity contribution is 0.305. The topological polar surface area (TPSA) is 46.5 Å². The summed E-state index contributed by atoms with van der Waals surface area (Å²) in [5, 5.41) is 8.90. The number of benzene rings is 2. The number of thiazole rings is 1. The first-order valence-corrected chi connectivity index (χ1v) is 9.61. The molecule has 0 spiro atoms. The number of ether oxygens (including phenoxy) is 1. The van der Waals surface area contributed by atoms with Crippen LogP contribution in [0.3, 0.4) is 0 Å². The second kappa shape index (κ2) is 8.73. The number of nitrogens with zero attached hydrogens (tertiary/aromatic N) is 2. The highest BCUT2D eigenvalue weighted by molar-refractivity contribution is 7.09. The molecule has 0 aliphatic heterocycles. The van der Waals surface area contributed by atoms with E-state index in [0.717, 1.165) is 22.2 Å². The van der Waals surface area contributed by atoms with E-state index in [0.29, 0.717) is 27.4 Å². The molecule has 0 saturated heterocycles. The average Bonchev–Trinajstić information content (AvgIpc) is 3.11. The summed E-state index contributed by atoms with van der Waals surface area (Å²) >= 11 is 19.4. The maximum absolute atomic E-state index is 6.11. The molecule has 26 heavy (non-hydrogen) atoms. The molecule has 0 bridgehead atoms. The molecule has 0 unspecified atom stereocenters. The van der Waals surface area contributed by atoms with Gasteiger partial charge in [0.25, 0.3) is 0 Å². The quantitative estimate of drug-likeness (QED) is 0.360. The number of hydrogen-bond donors (Lipinski definition) is 1. The summed E-state index contributed by atoms with van der Waals surface area (Å²) in [6.07, 6.45) is 0. The van der Waals surface area contributed by atoms with Crippen molar-refractivity contribution in [3.05, 3.63) is 73.6 Å². The van der Waals surface area contributed by atoms with E-state index in [1.165, 1.54) is 11.3 Å². The maximum atomic E-state index is 6.11. The Hall–Kier alpha value is -1.79. The zero-order valence-electron chi connectivity index (χ0n) is 13.7. The Balaban J connectivity index is 1.62. The van der Waals surface area contributed by atoms with Gasteiger partial charge in [-0.1, -0.05) is 34.8 Å². The monoisotopic (exact) mass is 425 g/mol. The molecule has 2 aromatic carbocycles. The number of anilines is 1. The highest BCUT2D eigenvalue weighted by atomic mass is 35.5. The van der Waals surface area contributed by atoms with Crippen molar-refractivity contribution in [2.75, 3.05) is 5.43 Å². The number of nitrogens with one attached hydrogen (secondary N) is 1. The fourth-order valence-corrected chi connectivity index (χ4v) is 3.21. The highest BCUT2D eigenvalue weighted by Crippen LogP contribution is 2.25. The van der Waals surface area contributed by atoms with E-state index in [9.17, 15) is 0 Å². The molecule has 0 amide bonds. The molecule has 0 saturated carbocycles. The molecule has 1 N–H and O–H groups in total. The van der Waals surface area contributed by atoms with Gasteiger partial charge in [0.15, 0.2) is 0 Å². The van der Waals surface area contributed by atoms with E-state index in [-0.39, 0.29) is 0 Å². The molecule has 1 aromatic heterocycles. The molecule has 0 radical (unpaired) electrons. The van der Waals surface area contributed by atoms with Crippen molar-refractivity contribution in [2.24, 2.45) is 5.10 Å². The Labute approximate surface area is 170 Å². The number of aromatic nitrogens is 1. The Morgan fingerprint density at radius 2 is 1.85 bits per heavy atom. The number of halogens is 3. The normalized spacial score (nSPS) is 11.5. The third-order valence-corrected chi connectivity index (χ3v) is 5.01. The molecular weight excluding hydrogens is 413 g/mol. The van der Waals surface area contributed by atoms with Gasteiger partial charge in [-0.05, 0) is 49.4 Å². The summed E-state index contributed by atoms with van der Waals surface area (Å²) < 4.78 is 5.70. The molecular formula is C18H14Cl3N3OS. The van der Waals surface area contributed by atoms with E-state index in [1.807, 2.05) is 24.4 Å². The van der Waals surface area contributed by atoms with Crippen LogP contribution in [0.4, 0.5) is 5.69 Å². The summed E-state index contributed by atoms with van der Waals surface area (Å²) in [4.78, 5) is 4.53. The lowest BCUT2D eigenvalue weighted by Gasteiger charge is -2.05. The van der Waals surface area contributed by atoms with Crippen molar-refractivity contribution in [3.8, 4) is 5.75 Å². The van der Waals surface area contributed by atoms with Gasteiger partial charge in [-0.25, -0.2) is 4.98 Å². The van der Waals surface area contributed by atoms with Crippen molar-refractivity contribution in [1.29, 1.82) is 0 Å². The second-order valence-corrected chi connectivity index (χ2v) is 7.52. The molecule has 4 nitrogen and oxygen atoms in total. The van der Waals surface area contributed by atoms with Crippen molar-refractivity contribution in [3.63, 3.8) is 0 Å². The van der Waals surface area contributed by atoms with Crippen LogP contribution in [-0.4, -0.2) is 10.7 Å². The molecule has 3 rings (SSSR count). The van der Waals surface area contributed by atoms with Crippen LogP contribution in [0.25, 0.3) is 0 Å². The zero-order chi connectivity index (χ0) is 18.5. The number of hydrogen-bond acceptors (Lipinski definition) is 5. The molecule has 134 valence electrons. The van der Waals surface area contributed by atoms with Crippen LogP contribution >= 0.6 is 46.1 Å². The summed E-state index contributed by atoms with van der Waals surface area (Å²) in [6.45, 7) is 2.25. The molecule has 0 aliphatic rings. The second-order valence-electron chi connectivity index (χ2n) is 5.30. The van der Waals surface area contributed by atoms with Crippen LogP contribution in [0.15, 0.2) is 52.9 Å². The van der Waals surface area contributed by atoms with E-state index >= 15 is 0 Å². The van der Waals surface area contributed by atoms with Crippen LogP contribution in [0.1, 0.15) is 17.6 Å². The summed E-state index contributed by atoms with van der Waals surface area (Å²) in [5.74, 6) is 0.744. The SMILES string of the molecule is C/C(=N/Nc1cc(Cl)ccc1Cl)c1csc(COc2ccc(Cl)cc2)n1. The zero-order valence-corrected chi connectivity index (χ0v) is 16.8. The molecule has 0 aliphatic carbocycles. The summed E-state index contributed by atoms with van der Waals surface area (Å²) in [6, 6.07) is 12.4. The first-order chi connectivity index (χ1) is 12.5. The molecule has 8 heteroatoms. The average molecular weight is 427 g/mol. The first kappa shape index (κ1) is 19.0. The number of rotatable bonds is 6. The predicted octanol–water partition coefficient (Wildman–Crippen LogP) is 6.52. The van der Waals surface area contributed by atoms with E-state index in [4.69, 9.17) is 39.5 Å². The Morgan fingerprint density at radius 3 is 2.62 bits per heavy atom. The van der Waals surface area contributed by atoms with Crippen LogP contribution in [0.5, 0.6) is 5.75 Å². The van der Waals surface area contributed by atoms with E-state index in [1.54, 1.807) is 30.3 Å². The molecule has 0 atom stereocenters.